The highest BCUT2D eigenvalue weighted by Crippen LogP contribution is 2.18. The van der Waals surface area contributed by atoms with E-state index >= 15 is 0 Å². The lowest BCUT2D eigenvalue weighted by Crippen LogP contribution is -2.39. The topological polar surface area (TPSA) is 52.0 Å². The largest absolute Gasteiger partial charge is 0.454 e. The molecule has 0 saturated heterocycles. The van der Waals surface area contributed by atoms with E-state index in [0.717, 1.165) is 17.6 Å². The molecule has 1 unspecified atom stereocenters. The molecule has 1 aromatic carbocycles. The van der Waals surface area contributed by atoms with Gasteiger partial charge in [0.2, 0.25) is 0 Å². The maximum absolute atomic E-state index is 6.34. The number of benzene rings is 1. The van der Waals surface area contributed by atoms with Gasteiger partial charge >= 0.3 is 0 Å². The van der Waals surface area contributed by atoms with Crippen molar-refractivity contribution in [2.75, 3.05) is 5.75 Å². The van der Waals surface area contributed by atoms with Crippen LogP contribution in [0.4, 0.5) is 0 Å². The van der Waals surface area contributed by atoms with Gasteiger partial charge in [0.15, 0.2) is 5.51 Å². The van der Waals surface area contributed by atoms with Crippen molar-refractivity contribution in [3.63, 3.8) is 0 Å². The van der Waals surface area contributed by atoms with E-state index in [1.807, 2.05) is 0 Å². The van der Waals surface area contributed by atoms with Crippen LogP contribution in [0.2, 0.25) is 39.3 Å². The highest BCUT2D eigenvalue weighted by Gasteiger charge is 2.24. The molecule has 220 valence electrons. The number of aromatic nitrogens is 1. The normalized spacial score (nSPS) is 13.4. The monoisotopic (exact) mass is 586 g/mol. The van der Waals surface area contributed by atoms with Gasteiger partial charge in [-0.3, -0.25) is 0 Å². The van der Waals surface area contributed by atoms with Crippen LogP contribution in [0.5, 0.6) is 0 Å². The Bertz CT molecular complexity index is 946. The van der Waals surface area contributed by atoms with Crippen LogP contribution in [0.1, 0.15) is 101 Å². The molecule has 0 saturated carbocycles. The van der Waals surface area contributed by atoms with Crippen molar-refractivity contribution >= 4 is 38.6 Å². The Morgan fingerprint density at radius 1 is 0.795 bits per heavy atom. The molecule has 2 rings (SSSR count). The summed E-state index contributed by atoms with van der Waals surface area (Å²) in [6.45, 7) is 14.1. The molecule has 3 nitrogen and oxygen atoms in total. The zero-order chi connectivity index (χ0) is 28.6. The first-order valence-corrected chi connectivity index (χ1v) is 23.8. The number of oxazole rings is 1. The van der Waals surface area contributed by atoms with Crippen molar-refractivity contribution < 1.29 is 4.42 Å². The lowest BCUT2D eigenvalue weighted by molar-refractivity contribution is 0.544. The Kier molecular flexibility index (Phi) is 16.1. The maximum atomic E-state index is 6.34. The first-order chi connectivity index (χ1) is 18.6. The summed E-state index contributed by atoms with van der Waals surface area (Å²) in [5.41, 5.74) is 9.77. The van der Waals surface area contributed by atoms with Crippen LogP contribution in [0.25, 0.3) is 0 Å². The fourth-order valence-electron chi connectivity index (χ4n) is 4.90. The predicted molar refractivity (Wildman–Crippen MR) is 181 cm³/mol. The van der Waals surface area contributed by atoms with E-state index in [2.05, 4.69) is 92.4 Å². The lowest BCUT2D eigenvalue weighted by Gasteiger charge is -2.20. The van der Waals surface area contributed by atoms with Crippen LogP contribution < -0.4 is 16.4 Å². The van der Waals surface area contributed by atoms with Gasteiger partial charge in [-0.25, -0.2) is 4.98 Å². The predicted octanol–water partition coefficient (Wildman–Crippen LogP) is 9.33. The molecule has 2 aromatic rings. The molecule has 0 amide bonds. The minimum Gasteiger partial charge on any atom is -0.454 e. The molecule has 6 heteroatoms. The molecular weight excluding hydrogens is 529 g/mol. The van der Waals surface area contributed by atoms with Gasteiger partial charge in [-0.1, -0.05) is 126 Å². The van der Waals surface area contributed by atoms with E-state index in [1.54, 1.807) is 17.0 Å². The quantitative estimate of drug-likeness (QED) is 0.0899. The van der Waals surface area contributed by atoms with E-state index in [9.17, 15) is 0 Å². The third-order valence-electron chi connectivity index (χ3n) is 7.34. The summed E-state index contributed by atoms with van der Waals surface area (Å²) < 4.78 is 5.67. The molecule has 0 aliphatic heterocycles. The molecule has 1 aromatic heterocycles. The fraction of sp³-hybridized carbons (Fsp3) is 0.667. The van der Waals surface area contributed by atoms with E-state index in [1.165, 1.54) is 88.6 Å². The van der Waals surface area contributed by atoms with Gasteiger partial charge in [0.25, 0.3) is 0 Å². The Balaban J connectivity index is 1.37. The summed E-state index contributed by atoms with van der Waals surface area (Å²) in [4.78, 5) is 4.66. The molecule has 1 atom stereocenters. The maximum Gasteiger partial charge on any atom is 0.165 e. The SMILES string of the molecule is C[Si](C)(C)c1nc(C(N)CCCCCCC=CCCCCCCCCSCc2ccccc2[Si](C)(C)C)co1. The van der Waals surface area contributed by atoms with Crippen molar-refractivity contribution in [3.8, 4) is 0 Å². The molecule has 39 heavy (non-hydrogen) atoms. The molecule has 0 aliphatic rings. The Hall–Kier alpha value is -1.09. The molecular formula is C33H58N2OSSi2. The smallest absolute Gasteiger partial charge is 0.165 e. The highest BCUT2D eigenvalue weighted by atomic mass is 32.2. The molecule has 0 radical (unpaired) electrons. The summed E-state index contributed by atoms with van der Waals surface area (Å²) in [5.74, 6) is 2.49. The molecule has 0 spiro atoms. The van der Waals surface area contributed by atoms with Crippen LogP contribution in [0.15, 0.2) is 47.1 Å². The van der Waals surface area contributed by atoms with Gasteiger partial charge in [-0.05, 0) is 49.8 Å². The number of hydrogen-bond donors (Lipinski definition) is 1. The van der Waals surface area contributed by atoms with Crippen molar-refractivity contribution in [1.82, 2.24) is 4.98 Å². The minimum atomic E-state index is -1.49. The van der Waals surface area contributed by atoms with Crippen LogP contribution in [-0.4, -0.2) is 26.9 Å². The van der Waals surface area contributed by atoms with E-state index < -0.39 is 16.1 Å². The average Bonchev–Trinajstić information content (AvgIpc) is 3.39. The van der Waals surface area contributed by atoms with E-state index in [-0.39, 0.29) is 6.04 Å². The zero-order valence-corrected chi connectivity index (χ0v) is 28.9. The van der Waals surface area contributed by atoms with Crippen molar-refractivity contribution in [2.45, 2.75) is 135 Å². The molecule has 1 heterocycles. The second kappa shape index (κ2) is 18.4. The Morgan fingerprint density at radius 2 is 1.38 bits per heavy atom. The van der Waals surface area contributed by atoms with Crippen LogP contribution in [-0.2, 0) is 5.75 Å². The standard InChI is InChI=1S/C33H58N2OSSi2/c1-38(2,3)32-25-21-20-23-29(32)28-37-26-22-18-16-14-12-10-8-7-9-11-13-15-17-19-24-30(34)31-27-36-33(35-31)39(4,5)6/h7,9,20-21,23,25,27,30H,8,10-19,22,24,26,28,34H2,1-6H3. The van der Waals surface area contributed by atoms with Gasteiger partial charge < -0.3 is 10.2 Å². The summed E-state index contributed by atoms with van der Waals surface area (Å²) in [6, 6.07) is 9.14. The number of hydrogen-bond acceptors (Lipinski definition) is 4. The van der Waals surface area contributed by atoms with Crippen LogP contribution in [0.3, 0.4) is 0 Å². The Morgan fingerprint density at radius 3 is 2.00 bits per heavy atom. The highest BCUT2D eigenvalue weighted by molar-refractivity contribution is 7.98. The molecule has 0 bridgehead atoms. The number of allylic oxidation sites excluding steroid dienone is 2. The minimum absolute atomic E-state index is 0.0143. The van der Waals surface area contributed by atoms with Crippen molar-refractivity contribution in [1.29, 1.82) is 0 Å². The van der Waals surface area contributed by atoms with Crippen molar-refractivity contribution in [2.24, 2.45) is 5.73 Å². The summed E-state index contributed by atoms with van der Waals surface area (Å²) >= 11 is 2.13. The van der Waals surface area contributed by atoms with E-state index in [4.69, 9.17) is 10.2 Å². The number of unbranched alkanes of at least 4 members (excludes halogenated alkanes) is 10. The summed E-state index contributed by atoms with van der Waals surface area (Å²) in [7, 11) is -2.72. The third kappa shape index (κ3) is 14.4. The van der Waals surface area contributed by atoms with E-state index in [0.29, 0.717) is 0 Å². The molecule has 2 N–H and O–H groups in total. The van der Waals surface area contributed by atoms with Crippen LogP contribution in [0, 0.1) is 0 Å². The average molecular weight is 587 g/mol. The fourth-order valence-corrected chi connectivity index (χ4v) is 8.66. The summed E-state index contributed by atoms with van der Waals surface area (Å²) in [5, 5.41) is 1.64. The number of rotatable bonds is 21. The van der Waals surface area contributed by atoms with Gasteiger partial charge in [0.05, 0.1) is 19.8 Å². The van der Waals surface area contributed by atoms with Crippen molar-refractivity contribution in [3.05, 3.63) is 53.9 Å². The number of nitrogens with two attached hydrogens (primary N) is 1. The molecule has 0 aliphatic carbocycles. The molecule has 0 fully saturated rings. The lowest BCUT2D eigenvalue weighted by atomic mass is 10.0. The first kappa shape index (κ1) is 34.1. The van der Waals surface area contributed by atoms with Gasteiger partial charge in [-0.15, -0.1) is 0 Å². The van der Waals surface area contributed by atoms with Gasteiger partial charge in [0, 0.05) is 5.75 Å². The second-order valence-corrected chi connectivity index (χ2v) is 24.3. The third-order valence-corrected chi connectivity index (χ3v) is 12.0. The van der Waals surface area contributed by atoms with Crippen LogP contribution >= 0.6 is 11.8 Å². The zero-order valence-electron chi connectivity index (χ0n) is 26.1. The Labute approximate surface area is 247 Å². The summed E-state index contributed by atoms with van der Waals surface area (Å²) in [6.07, 6.45) is 23.3. The van der Waals surface area contributed by atoms with Gasteiger partial charge in [0.1, 0.15) is 14.3 Å². The first-order valence-electron chi connectivity index (χ1n) is 15.6. The van der Waals surface area contributed by atoms with Gasteiger partial charge in [-0.2, -0.15) is 11.8 Å². The second-order valence-electron chi connectivity index (χ2n) is 13.3. The number of nitrogens with zero attached hydrogens (tertiary/aromatic N) is 1. The number of thioether (sulfide) groups is 1.